The Labute approximate surface area is 99.1 Å². The van der Waals surface area contributed by atoms with E-state index in [-0.39, 0.29) is 6.61 Å². The highest BCUT2D eigenvalue weighted by Gasteiger charge is 2.15. The van der Waals surface area contributed by atoms with Crippen LogP contribution in [0.3, 0.4) is 0 Å². The second-order valence-electron chi connectivity index (χ2n) is 3.98. The van der Waals surface area contributed by atoms with E-state index < -0.39 is 0 Å². The highest BCUT2D eigenvalue weighted by Crippen LogP contribution is 2.27. The Morgan fingerprint density at radius 1 is 1.53 bits per heavy atom. The molecule has 0 aromatic carbocycles. The first-order valence-electron chi connectivity index (χ1n) is 5.50. The van der Waals surface area contributed by atoms with Crippen molar-refractivity contribution >= 4 is 23.1 Å². The maximum atomic E-state index is 8.83. The molecule has 1 fully saturated rings. The lowest BCUT2D eigenvalue weighted by atomic mass is 10.0. The summed E-state index contributed by atoms with van der Waals surface area (Å²) in [6.07, 6.45) is 6.55. The average molecular weight is 243 g/mol. The minimum atomic E-state index is 0.237. The molecule has 2 heterocycles. The predicted molar refractivity (Wildman–Crippen MR) is 66.7 cm³/mol. The van der Waals surface area contributed by atoms with Gasteiger partial charge in [-0.3, -0.25) is 0 Å². The summed E-state index contributed by atoms with van der Waals surface area (Å²) in [6, 6.07) is 0. The first-order chi connectivity index (χ1) is 7.38. The van der Waals surface area contributed by atoms with Gasteiger partial charge in [0.15, 0.2) is 0 Å². The normalized spacial score (nSPS) is 21.8. The summed E-state index contributed by atoms with van der Waals surface area (Å²) in [5, 5.41) is 10.1. The maximum absolute atomic E-state index is 8.83. The van der Waals surface area contributed by atoms with Crippen molar-refractivity contribution in [3.8, 4) is 0 Å². The van der Waals surface area contributed by atoms with E-state index in [1.165, 1.54) is 34.2 Å². The molecule has 0 radical (unpaired) electrons. The zero-order valence-corrected chi connectivity index (χ0v) is 10.4. The Morgan fingerprint density at radius 3 is 3.20 bits per heavy atom. The predicted octanol–water partition coefficient (Wildman–Crippen LogP) is 2.36. The zero-order chi connectivity index (χ0) is 10.5. The molecule has 0 saturated carbocycles. The van der Waals surface area contributed by atoms with Crippen molar-refractivity contribution in [3.05, 3.63) is 16.1 Å². The summed E-state index contributed by atoms with van der Waals surface area (Å²) in [5.41, 5.74) is 0. The molecule has 84 valence electrons. The molecule has 0 bridgehead atoms. The number of aliphatic hydroxyl groups is 1. The van der Waals surface area contributed by atoms with Gasteiger partial charge in [0, 0.05) is 30.5 Å². The summed E-state index contributed by atoms with van der Waals surface area (Å²) in [7, 11) is 0. The van der Waals surface area contributed by atoms with Crippen LogP contribution >= 0.6 is 23.1 Å². The van der Waals surface area contributed by atoms with Gasteiger partial charge in [0.05, 0.1) is 5.01 Å². The molecule has 2 nitrogen and oxygen atoms in total. The van der Waals surface area contributed by atoms with E-state index in [1.54, 1.807) is 11.3 Å². The fourth-order valence-corrected chi connectivity index (χ4v) is 4.06. The quantitative estimate of drug-likeness (QED) is 0.881. The minimum absolute atomic E-state index is 0.237. The monoisotopic (exact) mass is 243 g/mol. The highest BCUT2D eigenvalue weighted by atomic mass is 32.2. The Kier molecular flexibility index (Phi) is 4.47. The van der Waals surface area contributed by atoms with Gasteiger partial charge in [-0.2, -0.15) is 11.8 Å². The van der Waals surface area contributed by atoms with Crippen LogP contribution in [0.25, 0.3) is 0 Å². The number of thiazole rings is 1. The second-order valence-corrected chi connectivity index (χ2v) is 6.33. The largest absolute Gasteiger partial charge is 0.396 e. The van der Waals surface area contributed by atoms with Crippen LogP contribution in [0.15, 0.2) is 6.20 Å². The first-order valence-corrected chi connectivity index (χ1v) is 7.48. The molecule has 15 heavy (non-hydrogen) atoms. The smallest absolute Gasteiger partial charge is 0.0930 e. The molecule has 2 rings (SSSR count). The van der Waals surface area contributed by atoms with E-state index in [9.17, 15) is 0 Å². The SMILES string of the molecule is OCCc1cnc(CC2CCCSC2)s1. The molecule has 1 aromatic heterocycles. The molecule has 1 aliphatic heterocycles. The molecule has 1 saturated heterocycles. The molecular formula is C11H17NOS2. The number of thioether (sulfide) groups is 1. The van der Waals surface area contributed by atoms with Gasteiger partial charge in [-0.25, -0.2) is 4.98 Å². The van der Waals surface area contributed by atoms with Gasteiger partial charge in [0.25, 0.3) is 0 Å². The molecule has 1 unspecified atom stereocenters. The average Bonchev–Trinajstić information content (AvgIpc) is 2.68. The standard InChI is InChI=1S/C11H17NOS2/c13-4-3-10-7-12-11(15-10)6-9-2-1-5-14-8-9/h7,9,13H,1-6,8H2. The highest BCUT2D eigenvalue weighted by molar-refractivity contribution is 7.99. The van der Waals surface area contributed by atoms with Crippen LogP contribution < -0.4 is 0 Å². The van der Waals surface area contributed by atoms with Crippen molar-refractivity contribution in [1.82, 2.24) is 4.98 Å². The van der Waals surface area contributed by atoms with E-state index in [0.29, 0.717) is 0 Å². The number of hydrogen-bond donors (Lipinski definition) is 1. The van der Waals surface area contributed by atoms with E-state index in [0.717, 1.165) is 18.8 Å². The number of aliphatic hydroxyl groups excluding tert-OH is 1. The Hall–Kier alpha value is -0.0600. The molecule has 0 amide bonds. The van der Waals surface area contributed by atoms with Crippen molar-refractivity contribution in [2.24, 2.45) is 5.92 Å². The van der Waals surface area contributed by atoms with Gasteiger partial charge in [-0.1, -0.05) is 0 Å². The van der Waals surface area contributed by atoms with Gasteiger partial charge >= 0.3 is 0 Å². The summed E-state index contributed by atoms with van der Waals surface area (Å²) < 4.78 is 0. The maximum Gasteiger partial charge on any atom is 0.0930 e. The van der Waals surface area contributed by atoms with Crippen LogP contribution in [0.1, 0.15) is 22.7 Å². The summed E-state index contributed by atoms with van der Waals surface area (Å²) >= 11 is 3.85. The van der Waals surface area contributed by atoms with Crippen molar-refractivity contribution in [2.45, 2.75) is 25.7 Å². The van der Waals surface area contributed by atoms with Gasteiger partial charge in [0.2, 0.25) is 0 Å². The first kappa shape index (κ1) is 11.4. The molecule has 1 aromatic rings. The number of hydrogen-bond acceptors (Lipinski definition) is 4. The van der Waals surface area contributed by atoms with E-state index >= 15 is 0 Å². The van der Waals surface area contributed by atoms with Crippen molar-refractivity contribution in [1.29, 1.82) is 0 Å². The molecule has 1 N–H and O–H groups in total. The Balaban J connectivity index is 1.86. The van der Waals surface area contributed by atoms with Gasteiger partial charge in [-0.15, -0.1) is 11.3 Å². The molecule has 1 aliphatic rings. The van der Waals surface area contributed by atoms with Crippen LogP contribution in [0, 0.1) is 5.92 Å². The fraction of sp³-hybridized carbons (Fsp3) is 0.727. The number of aromatic nitrogens is 1. The van der Waals surface area contributed by atoms with Crippen molar-refractivity contribution < 1.29 is 5.11 Å². The van der Waals surface area contributed by atoms with Crippen molar-refractivity contribution in [2.75, 3.05) is 18.1 Å². The molecule has 1 atom stereocenters. The van der Waals surface area contributed by atoms with E-state index in [2.05, 4.69) is 16.7 Å². The fourth-order valence-electron chi connectivity index (χ4n) is 1.88. The minimum Gasteiger partial charge on any atom is -0.396 e. The van der Waals surface area contributed by atoms with Crippen LogP contribution in [0.5, 0.6) is 0 Å². The van der Waals surface area contributed by atoms with Gasteiger partial charge in [0.1, 0.15) is 0 Å². The van der Waals surface area contributed by atoms with Gasteiger partial charge < -0.3 is 5.11 Å². The lowest BCUT2D eigenvalue weighted by Gasteiger charge is -2.19. The van der Waals surface area contributed by atoms with E-state index in [4.69, 9.17) is 5.11 Å². The molecule has 0 aliphatic carbocycles. The van der Waals surface area contributed by atoms with Crippen molar-refractivity contribution in [3.63, 3.8) is 0 Å². The summed E-state index contributed by atoms with van der Waals surface area (Å²) in [6.45, 7) is 0.237. The van der Waals surface area contributed by atoms with Crippen LogP contribution in [-0.2, 0) is 12.8 Å². The molecule has 4 heteroatoms. The summed E-state index contributed by atoms with van der Waals surface area (Å²) in [5.74, 6) is 3.47. The summed E-state index contributed by atoms with van der Waals surface area (Å²) in [4.78, 5) is 5.65. The third-order valence-corrected chi connectivity index (χ3v) is 5.04. The van der Waals surface area contributed by atoms with E-state index in [1.807, 2.05) is 6.20 Å². The third kappa shape index (κ3) is 3.47. The molecular weight excluding hydrogens is 226 g/mol. The molecule has 0 spiro atoms. The Morgan fingerprint density at radius 2 is 2.47 bits per heavy atom. The second kappa shape index (κ2) is 5.87. The van der Waals surface area contributed by atoms with Gasteiger partial charge in [-0.05, 0) is 30.3 Å². The lowest BCUT2D eigenvalue weighted by Crippen LogP contribution is -2.12. The van der Waals surface area contributed by atoms with Crippen LogP contribution in [0.4, 0.5) is 0 Å². The third-order valence-electron chi connectivity index (χ3n) is 2.68. The Bertz CT molecular complexity index is 295. The lowest BCUT2D eigenvalue weighted by molar-refractivity contribution is 0.300. The van der Waals surface area contributed by atoms with Crippen LogP contribution in [-0.4, -0.2) is 28.2 Å². The zero-order valence-electron chi connectivity index (χ0n) is 8.82. The topological polar surface area (TPSA) is 33.1 Å². The number of nitrogens with zero attached hydrogens (tertiary/aromatic N) is 1. The van der Waals surface area contributed by atoms with Crippen LogP contribution in [0.2, 0.25) is 0 Å². The number of rotatable bonds is 4.